The summed E-state index contributed by atoms with van der Waals surface area (Å²) in [5.41, 5.74) is 1.83. The van der Waals surface area contributed by atoms with Gasteiger partial charge in [0, 0.05) is 32.1 Å². The van der Waals surface area contributed by atoms with E-state index in [0.29, 0.717) is 24.5 Å². The minimum absolute atomic E-state index is 0.0818. The van der Waals surface area contributed by atoms with Crippen LogP contribution in [0.3, 0.4) is 0 Å². The first-order valence-corrected chi connectivity index (χ1v) is 12.0. The molecule has 1 saturated heterocycles. The van der Waals surface area contributed by atoms with Crippen LogP contribution in [0.5, 0.6) is 0 Å². The molecule has 0 bridgehead atoms. The number of hydrogen-bond donors (Lipinski definition) is 1. The number of hydrogen-bond acceptors (Lipinski definition) is 5. The van der Waals surface area contributed by atoms with E-state index in [1.807, 2.05) is 22.9 Å². The molecule has 0 spiro atoms. The molecule has 1 N–H and O–H groups in total. The van der Waals surface area contributed by atoms with Gasteiger partial charge >= 0.3 is 0 Å². The zero-order valence-electron chi connectivity index (χ0n) is 19.3. The Morgan fingerprint density at radius 1 is 1.12 bits per heavy atom. The standard InChI is InChI=1S/C25H35N5O2/c1-3-4-5-9-12-30-24-21(15-26-30)25(31)28-23(27-24)22-17-29(16-19(22)2)13-14-32-18-20-10-7-6-8-11-20/h6-8,10-11,15,19,22H,3-5,9,12-14,16-18H2,1-2H3,(H,27,28,31)/t19-,22-/m1/s1. The SMILES string of the molecule is CCCCCCn1ncc2c(=O)[nH]c([C@@H]3CN(CCOCc4ccccc4)C[C@H]3C)nc21. The molecule has 1 aromatic carbocycles. The molecule has 1 aliphatic heterocycles. The van der Waals surface area contributed by atoms with Crippen LogP contribution in [0.15, 0.2) is 41.3 Å². The molecule has 2 aromatic heterocycles. The van der Waals surface area contributed by atoms with Crippen LogP contribution >= 0.6 is 0 Å². The zero-order valence-corrected chi connectivity index (χ0v) is 19.3. The third-order valence-electron chi connectivity index (χ3n) is 6.45. The fraction of sp³-hybridized carbons (Fsp3) is 0.560. The molecule has 0 unspecified atom stereocenters. The Morgan fingerprint density at radius 3 is 2.78 bits per heavy atom. The van der Waals surface area contributed by atoms with Crippen molar-refractivity contribution in [2.75, 3.05) is 26.2 Å². The Hall–Kier alpha value is -2.51. The number of H-pyrrole nitrogens is 1. The number of likely N-dealkylation sites (tertiary alicyclic amines) is 1. The van der Waals surface area contributed by atoms with Crippen molar-refractivity contribution >= 4 is 11.0 Å². The summed E-state index contributed by atoms with van der Waals surface area (Å²) in [5.74, 6) is 1.42. The maximum Gasteiger partial charge on any atom is 0.262 e. The minimum atomic E-state index is -0.0818. The highest BCUT2D eigenvalue weighted by atomic mass is 16.5. The average molecular weight is 438 g/mol. The molecule has 0 amide bonds. The van der Waals surface area contributed by atoms with Gasteiger partial charge in [0.25, 0.3) is 5.56 Å². The molecule has 7 heteroatoms. The van der Waals surface area contributed by atoms with Gasteiger partial charge in [-0.1, -0.05) is 63.4 Å². The van der Waals surface area contributed by atoms with Gasteiger partial charge in [-0.15, -0.1) is 0 Å². The second-order valence-electron chi connectivity index (χ2n) is 9.00. The quantitative estimate of drug-likeness (QED) is 0.460. The second-order valence-corrected chi connectivity index (χ2v) is 9.00. The Kier molecular flexibility index (Phi) is 7.71. The highest BCUT2D eigenvalue weighted by Crippen LogP contribution is 2.30. The predicted octanol–water partition coefficient (Wildman–Crippen LogP) is 3.95. The summed E-state index contributed by atoms with van der Waals surface area (Å²) in [6.45, 7) is 9.34. The van der Waals surface area contributed by atoms with E-state index < -0.39 is 0 Å². The Bertz CT molecular complexity index is 1050. The topological polar surface area (TPSA) is 76.0 Å². The normalized spacial score (nSPS) is 19.2. The van der Waals surface area contributed by atoms with Gasteiger partial charge in [0.05, 0.1) is 19.4 Å². The van der Waals surface area contributed by atoms with E-state index in [-0.39, 0.29) is 11.5 Å². The second kappa shape index (κ2) is 10.9. The van der Waals surface area contributed by atoms with Gasteiger partial charge in [-0.3, -0.25) is 4.79 Å². The lowest BCUT2D eigenvalue weighted by molar-refractivity contribution is 0.0982. The van der Waals surface area contributed by atoms with Crippen LogP contribution in [-0.2, 0) is 17.9 Å². The highest BCUT2D eigenvalue weighted by Gasteiger charge is 2.32. The number of aryl methyl sites for hydroxylation is 1. The van der Waals surface area contributed by atoms with Crippen molar-refractivity contribution in [3.63, 3.8) is 0 Å². The number of nitrogens with one attached hydrogen (secondary N) is 1. The van der Waals surface area contributed by atoms with Crippen molar-refractivity contribution in [3.8, 4) is 0 Å². The molecule has 172 valence electrons. The van der Waals surface area contributed by atoms with Crippen molar-refractivity contribution in [1.82, 2.24) is 24.6 Å². The number of benzene rings is 1. The van der Waals surface area contributed by atoms with Crippen LogP contribution in [0.4, 0.5) is 0 Å². The molecule has 32 heavy (non-hydrogen) atoms. The molecule has 2 atom stereocenters. The minimum Gasteiger partial charge on any atom is -0.375 e. The lowest BCUT2D eigenvalue weighted by Crippen LogP contribution is -2.25. The number of unbranched alkanes of at least 4 members (excludes halogenated alkanes) is 3. The third kappa shape index (κ3) is 5.45. The number of aromatic amines is 1. The molecular formula is C25H35N5O2. The molecule has 4 rings (SSSR count). The van der Waals surface area contributed by atoms with E-state index in [2.05, 4.69) is 41.0 Å². The van der Waals surface area contributed by atoms with Crippen molar-refractivity contribution in [2.24, 2.45) is 5.92 Å². The third-order valence-corrected chi connectivity index (χ3v) is 6.45. The number of ether oxygens (including phenoxy) is 1. The molecule has 0 saturated carbocycles. The number of aromatic nitrogens is 4. The van der Waals surface area contributed by atoms with E-state index in [1.165, 1.54) is 24.8 Å². The summed E-state index contributed by atoms with van der Waals surface area (Å²) in [7, 11) is 0. The molecular weight excluding hydrogens is 402 g/mol. The van der Waals surface area contributed by atoms with Gasteiger partial charge in [0.1, 0.15) is 11.2 Å². The van der Waals surface area contributed by atoms with Crippen LogP contribution in [0.25, 0.3) is 11.0 Å². The zero-order chi connectivity index (χ0) is 22.3. The fourth-order valence-electron chi connectivity index (χ4n) is 4.57. The van der Waals surface area contributed by atoms with Crippen molar-refractivity contribution < 1.29 is 4.74 Å². The van der Waals surface area contributed by atoms with Gasteiger partial charge in [-0.05, 0) is 17.9 Å². The van der Waals surface area contributed by atoms with Crippen LogP contribution in [0.1, 0.15) is 56.8 Å². The first-order valence-electron chi connectivity index (χ1n) is 12.0. The largest absolute Gasteiger partial charge is 0.375 e. The van der Waals surface area contributed by atoms with Gasteiger partial charge in [-0.25, -0.2) is 9.67 Å². The first kappa shape index (κ1) is 22.7. The highest BCUT2D eigenvalue weighted by molar-refractivity contribution is 5.73. The summed E-state index contributed by atoms with van der Waals surface area (Å²) < 4.78 is 7.77. The number of fused-ring (bicyclic) bond motifs is 1. The van der Waals surface area contributed by atoms with Gasteiger partial charge in [-0.2, -0.15) is 5.10 Å². The van der Waals surface area contributed by atoms with Gasteiger partial charge in [0.2, 0.25) is 0 Å². The van der Waals surface area contributed by atoms with E-state index in [0.717, 1.165) is 44.1 Å². The fourth-order valence-corrected chi connectivity index (χ4v) is 4.57. The molecule has 1 fully saturated rings. The lowest BCUT2D eigenvalue weighted by atomic mass is 9.97. The monoisotopic (exact) mass is 437 g/mol. The van der Waals surface area contributed by atoms with E-state index in [1.54, 1.807) is 6.20 Å². The summed E-state index contributed by atoms with van der Waals surface area (Å²) in [5, 5.41) is 5.02. The lowest BCUT2D eigenvalue weighted by Gasteiger charge is -2.16. The van der Waals surface area contributed by atoms with Crippen LogP contribution < -0.4 is 5.56 Å². The van der Waals surface area contributed by atoms with Gasteiger partial charge in [0.15, 0.2) is 5.65 Å². The van der Waals surface area contributed by atoms with E-state index in [9.17, 15) is 4.79 Å². The van der Waals surface area contributed by atoms with E-state index >= 15 is 0 Å². The summed E-state index contributed by atoms with van der Waals surface area (Å²) >= 11 is 0. The van der Waals surface area contributed by atoms with Crippen molar-refractivity contribution in [2.45, 2.75) is 58.6 Å². The Morgan fingerprint density at radius 2 is 1.97 bits per heavy atom. The van der Waals surface area contributed by atoms with Gasteiger partial charge < -0.3 is 14.6 Å². The number of rotatable bonds is 11. The summed E-state index contributed by atoms with van der Waals surface area (Å²) in [6, 6.07) is 10.3. The number of nitrogens with zero attached hydrogens (tertiary/aromatic N) is 4. The maximum absolute atomic E-state index is 12.7. The summed E-state index contributed by atoms with van der Waals surface area (Å²) in [6.07, 6.45) is 6.32. The Balaban J connectivity index is 1.37. The maximum atomic E-state index is 12.7. The molecule has 0 aliphatic carbocycles. The molecule has 7 nitrogen and oxygen atoms in total. The molecule has 3 aromatic rings. The molecule has 0 radical (unpaired) electrons. The van der Waals surface area contributed by atoms with Crippen LogP contribution in [0.2, 0.25) is 0 Å². The molecule has 1 aliphatic rings. The Labute approximate surface area is 189 Å². The molecule has 3 heterocycles. The van der Waals surface area contributed by atoms with E-state index in [4.69, 9.17) is 9.72 Å². The van der Waals surface area contributed by atoms with Crippen molar-refractivity contribution in [1.29, 1.82) is 0 Å². The smallest absolute Gasteiger partial charge is 0.262 e. The van der Waals surface area contributed by atoms with Crippen LogP contribution in [-0.4, -0.2) is 50.9 Å². The first-order chi connectivity index (χ1) is 15.7. The summed E-state index contributed by atoms with van der Waals surface area (Å²) in [4.78, 5) is 23.0. The van der Waals surface area contributed by atoms with Crippen molar-refractivity contribution in [3.05, 3.63) is 58.3 Å². The average Bonchev–Trinajstić information content (AvgIpc) is 3.38. The van der Waals surface area contributed by atoms with Crippen LogP contribution in [0, 0.1) is 5.92 Å². The predicted molar refractivity (Wildman–Crippen MR) is 127 cm³/mol.